The molecule has 0 aromatic carbocycles. The van der Waals surface area contributed by atoms with E-state index in [1.165, 1.54) is 0 Å². The molecule has 1 saturated heterocycles. The summed E-state index contributed by atoms with van der Waals surface area (Å²) in [6.45, 7) is 1.05. The number of pyridine rings is 1. The van der Waals surface area contributed by atoms with Gasteiger partial charge in [0.2, 0.25) is 0 Å². The number of hydrogen-bond acceptors (Lipinski definition) is 5. The molecule has 2 aliphatic rings. The van der Waals surface area contributed by atoms with Gasteiger partial charge >= 0.3 is 0 Å². The predicted molar refractivity (Wildman–Crippen MR) is 95.1 cm³/mol. The van der Waals surface area contributed by atoms with Gasteiger partial charge in [-0.2, -0.15) is 10.2 Å². The molecular formula is C18H21FN6O. The van der Waals surface area contributed by atoms with Gasteiger partial charge in [-0.15, -0.1) is 0 Å². The van der Waals surface area contributed by atoms with Crippen LogP contribution in [0.15, 0.2) is 24.7 Å². The maximum absolute atomic E-state index is 14.0. The molecule has 5 rings (SSSR count). The van der Waals surface area contributed by atoms with Crippen molar-refractivity contribution < 1.29 is 9.13 Å². The minimum Gasteiger partial charge on any atom is -0.396 e. The minimum absolute atomic E-state index is 0.0676. The number of nitrogen functional groups attached to an aromatic ring is 1. The van der Waals surface area contributed by atoms with E-state index in [0.29, 0.717) is 36.5 Å². The summed E-state index contributed by atoms with van der Waals surface area (Å²) in [6, 6.07) is 1.86. The van der Waals surface area contributed by atoms with Crippen LogP contribution < -0.4 is 5.73 Å². The van der Waals surface area contributed by atoms with Gasteiger partial charge in [-0.05, 0) is 38.2 Å². The molecule has 1 aliphatic heterocycles. The number of ether oxygens (including phenoxy) is 1. The Morgan fingerprint density at radius 2 is 2.15 bits per heavy atom. The monoisotopic (exact) mass is 356 g/mol. The zero-order valence-electron chi connectivity index (χ0n) is 14.4. The van der Waals surface area contributed by atoms with Crippen molar-refractivity contribution in [3.8, 4) is 11.4 Å². The largest absolute Gasteiger partial charge is 0.396 e. The third-order valence-electron chi connectivity index (χ3n) is 5.13. The van der Waals surface area contributed by atoms with Crippen molar-refractivity contribution >= 4 is 16.6 Å². The SMILES string of the molecule is Nc1cn(C2CCCCO2)nc1-c1cc2nn(CC3(F)CC3)cc2cn1. The number of nitrogens with zero attached hydrogens (tertiary/aromatic N) is 5. The van der Waals surface area contributed by atoms with E-state index in [4.69, 9.17) is 10.5 Å². The fourth-order valence-corrected chi connectivity index (χ4v) is 3.45. The van der Waals surface area contributed by atoms with Gasteiger partial charge in [0.1, 0.15) is 17.6 Å². The molecule has 8 heteroatoms. The molecule has 1 saturated carbocycles. The van der Waals surface area contributed by atoms with E-state index in [1.54, 1.807) is 21.8 Å². The number of halogens is 1. The van der Waals surface area contributed by atoms with Gasteiger partial charge in [-0.3, -0.25) is 9.67 Å². The number of hydrogen-bond donors (Lipinski definition) is 1. The Morgan fingerprint density at radius 1 is 1.27 bits per heavy atom. The van der Waals surface area contributed by atoms with Crippen LogP contribution in [0.3, 0.4) is 0 Å². The number of alkyl halides is 1. The van der Waals surface area contributed by atoms with Crippen molar-refractivity contribution in [3.63, 3.8) is 0 Å². The molecule has 7 nitrogen and oxygen atoms in total. The molecule has 0 bridgehead atoms. The lowest BCUT2D eigenvalue weighted by Crippen LogP contribution is -2.18. The van der Waals surface area contributed by atoms with Crippen molar-refractivity contribution in [2.45, 2.75) is 50.5 Å². The predicted octanol–water partition coefficient (Wildman–Crippen LogP) is 3.08. The third-order valence-corrected chi connectivity index (χ3v) is 5.13. The molecule has 3 aromatic rings. The Balaban J connectivity index is 1.45. The summed E-state index contributed by atoms with van der Waals surface area (Å²) in [5.41, 5.74) is 7.70. The highest BCUT2D eigenvalue weighted by atomic mass is 19.1. The van der Waals surface area contributed by atoms with Gasteiger partial charge in [0, 0.05) is 24.4 Å². The van der Waals surface area contributed by atoms with Crippen LogP contribution in [0.1, 0.15) is 38.3 Å². The molecule has 1 aliphatic carbocycles. The van der Waals surface area contributed by atoms with E-state index in [-0.39, 0.29) is 6.23 Å². The molecule has 1 atom stereocenters. The molecular weight excluding hydrogens is 335 g/mol. The summed E-state index contributed by atoms with van der Waals surface area (Å²) in [5, 5.41) is 9.96. The molecule has 1 unspecified atom stereocenters. The molecule has 0 amide bonds. The number of fused-ring (bicyclic) bond motifs is 1. The number of aromatic nitrogens is 5. The van der Waals surface area contributed by atoms with Crippen molar-refractivity contribution in [2.75, 3.05) is 12.3 Å². The number of nitrogens with two attached hydrogens (primary N) is 1. The first-order valence-electron chi connectivity index (χ1n) is 9.08. The van der Waals surface area contributed by atoms with E-state index in [1.807, 2.05) is 12.3 Å². The highest BCUT2D eigenvalue weighted by Crippen LogP contribution is 2.41. The van der Waals surface area contributed by atoms with Crippen LogP contribution in [0.5, 0.6) is 0 Å². The van der Waals surface area contributed by atoms with Crippen molar-refractivity contribution in [1.82, 2.24) is 24.5 Å². The summed E-state index contributed by atoms with van der Waals surface area (Å²) in [6.07, 6.45) is 9.68. The van der Waals surface area contributed by atoms with Crippen LogP contribution in [0.2, 0.25) is 0 Å². The second-order valence-corrected chi connectivity index (χ2v) is 7.34. The van der Waals surface area contributed by atoms with Gasteiger partial charge in [0.25, 0.3) is 0 Å². The summed E-state index contributed by atoms with van der Waals surface area (Å²) in [7, 11) is 0. The van der Waals surface area contributed by atoms with Crippen LogP contribution in [0.4, 0.5) is 10.1 Å². The van der Waals surface area contributed by atoms with Gasteiger partial charge in [0.15, 0.2) is 0 Å². The van der Waals surface area contributed by atoms with E-state index in [0.717, 1.165) is 36.8 Å². The van der Waals surface area contributed by atoms with Gasteiger partial charge in [0.05, 0.1) is 29.6 Å². The Morgan fingerprint density at radius 3 is 2.92 bits per heavy atom. The van der Waals surface area contributed by atoms with Crippen molar-refractivity contribution in [3.05, 3.63) is 24.7 Å². The summed E-state index contributed by atoms with van der Waals surface area (Å²) in [4.78, 5) is 4.48. The molecule has 2 fully saturated rings. The maximum Gasteiger partial charge on any atom is 0.150 e. The quantitative estimate of drug-likeness (QED) is 0.777. The normalized spacial score (nSPS) is 22.0. The Bertz CT molecular complexity index is 954. The number of rotatable bonds is 4. The molecule has 3 aromatic heterocycles. The topological polar surface area (TPSA) is 83.8 Å². The van der Waals surface area contributed by atoms with Crippen LogP contribution in [0, 0.1) is 0 Å². The zero-order chi connectivity index (χ0) is 17.7. The van der Waals surface area contributed by atoms with Gasteiger partial charge in [-0.1, -0.05) is 0 Å². The number of anilines is 1. The molecule has 4 heterocycles. The van der Waals surface area contributed by atoms with E-state index in [9.17, 15) is 4.39 Å². The minimum atomic E-state index is -1.08. The lowest BCUT2D eigenvalue weighted by atomic mass is 10.2. The average Bonchev–Trinajstić information content (AvgIpc) is 3.05. The van der Waals surface area contributed by atoms with Crippen LogP contribution in [0.25, 0.3) is 22.3 Å². The Labute approximate surface area is 149 Å². The zero-order valence-corrected chi connectivity index (χ0v) is 14.4. The lowest BCUT2D eigenvalue weighted by molar-refractivity contribution is -0.0393. The van der Waals surface area contributed by atoms with E-state index < -0.39 is 5.67 Å². The molecule has 136 valence electrons. The van der Waals surface area contributed by atoms with E-state index in [2.05, 4.69) is 15.2 Å². The fraction of sp³-hybridized carbons (Fsp3) is 0.500. The van der Waals surface area contributed by atoms with Crippen LogP contribution >= 0.6 is 0 Å². The summed E-state index contributed by atoms with van der Waals surface area (Å²) >= 11 is 0. The van der Waals surface area contributed by atoms with Crippen molar-refractivity contribution in [1.29, 1.82) is 0 Å². The first-order valence-corrected chi connectivity index (χ1v) is 9.08. The highest BCUT2D eigenvalue weighted by Gasteiger charge is 2.43. The average molecular weight is 356 g/mol. The first-order chi connectivity index (χ1) is 12.6. The van der Waals surface area contributed by atoms with Gasteiger partial charge in [-0.25, -0.2) is 9.07 Å². The third kappa shape index (κ3) is 2.84. The van der Waals surface area contributed by atoms with Crippen LogP contribution in [-0.4, -0.2) is 36.8 Å². The highest BCUT2D eigenvalue weighted by molar-refractivity contribution is 5.82. The standard InChI is InChI=1S/C18H21FN6O/c19-18(4-5-18)11-24-9-12-8-21-15(7-14(12)22-24)17-13(20)10-25(23-17)16-3-1-2-6-26-16/h7-10,16H,1-6,11,20H2. The second-order valence-electron chi connectivity index (χ2n) is 7.34. The maximum atomic E-state index is 14.0. The molecule has 26 heavy (non-hydrogen) atoms. The smallest absolute Gasteiger partial charge is 0.150 e. The van der Waals surface area contributed by atoms with Crippen molar-refractivity contribution in [2.24, 2.45) is 0 Å². The Kier molecular flexibility index (Phi) is 3.49. The fourth-order valence-electron chi connectivity index (χ4n) is 3.45. The first kappa shape index (κ1) is 15.7. The van der Waals surface area contributed by atoms with Crippen LogP contribution in [-0.2, 0) is 11.3 Å². The van der Waals surface area contributed by atoms with Gasteiger partial charge < -0.3 is 10.5 Å². The molecule has 0 spiro atoms. The second kappa shape index (κ2) is 5.77. The molecule has 0 radical (unpaired) electrons. The Hall–Kier alpha value is -2.48. The summed E-state index contributed by atoms with van der Waals surface area (Å²) in [5.74, 6) is 0. The van der Waals surface area contributed by atoms with E-state index >= 15 is 0 Å². The summed E-state index contributed by atoms with van der Waals surface area (Å²) < 4.78 is 23.2. The molecule has 2 N–H and O–H groups in total. The lowest BCUT2D eigenvalue weighted by Gasteiger charge is -2.22.